The molecule has 80 heavy (non-hydrogen) atoms. The number of aliphatic carboxylic acids is 1. The Hall–Kier alpha value is -4.48. The van der Waals surface area contributed by atoms with Gasteiger partial charge in [0.2, 0.25) is 11.8 Å². The fraction of sp³-hybridized carbons (Fsp3) is 0.714. The lowest BCUT2D eigenvalue weighted by Gasteiger charge is -2.16. The lowest BCUT2D eigenvalue weighted by Crippen LogP contribution is -2.18. The number of nitrogens with one attached hydrogen (secondary N) is 2. The number of ketones is 2. The number of fused-ring (bicyclic) bond motifs is 2. The Kier molecular flexibility index (Phi) is 45.4. The summed E-state index contributed by atoms with van der Waals surface area (Å²) in [6, 6.07) is 10.7. The Morgan fingerprint density at radius 2 is 0.975 bits per heavy atom. The van der Waals surface area contributed by atoms with Crippen LogP contribution < -0.4 is 29.6 Å². The van der Waals surface area contributed by atoms with E-state index in [-0.39, 0.29) is 31.0 Å². The van der Waals surface area contributed by atoms with Gasteiger partial charge in [0, 0.05) is 99.2 Å². The summed E-state index contributed by atoms with van der Waals surface area (Å²) in [4.78, 5) is 67.8. The molecule has 0 bridgehead atoms. The Bertz CT molecular complexity index is 2000. The molecular weight excluding hydrogens is 1060 g/mol. The summed E-state index contributed by atoms with van der Waals surface area (Å²) in [5, 5.41) is 24.0. The first kappa shape index (κ1) is 75.5. The van der Waals surface area contributed by atoms with Crippen molar-refractivity contribution >= 4 is 58.8 Å². The van der Waals surface area contributed by atoms with E-state index in [0.717, 1.165) is 86.8 Å². The maximum atomic E-state index is 12.2. The van der Waals surface area contributed by atoms with Crippen LogP contribution in [0, 0.1) is 23.7 Å². The van der Waals surface area contributed by atoms with E-state index in [0.29, 0.717) is 120 Å². The second-order valence-electron chi connectivity index (χ2n) is 20.6. The molecule has 6 rings (SSSR count). The number of carboxylic acids is 1. The van der Waals surface area contributed by atoms with Gasteiger partial charge in [-0.25, -0.2) is 0 Å². The van der Waals surface area contributed by atoms with Crippen LogP contribution in [0.5, 0.6) is 23.0 Å². The van der Waals surface area contributed by atoms with Gasteiger partial charge in [-0.1, -0.05) is 100 Å². The third kappa shape index (κ3) is 33.4. The maximum Gasteiger partial charge on any atom is 0.306 e. The van der Waals surface area contributed by atoms with Gasteiger partial charge in [-0.15, -0.1) is 0 Å². The minimum atomic E-state index is -0.693. The van der Waals surface area contributed by atoms with Crippen LogP contribution in [0.2, 0.25) is 0 Å². The second kappa shape index (κ2) is 48.1. The number of rotatable bonds is 26. The molecule has 0 aromatic heterocycles. The average Bonchev–Trinajstić information content (AvgIpc) is 4.22. The number of aliphatic hydroxyl groups is 1. The highest BCUT2D eigenvalue weighted by Gasteiger charge is 2.43. The molecule has 2 saturated heterocycles. The van der Waals surface area contributed by atoms with E-state index in [1.807, 2.05) is 35.7 Å². The van der Waals surface area contributed by atoms with Gasteiger partial charge in [0.15, 0.2) is 0 Å². The van der Waals surface area contributed by atoms with Crippen molar-refractivity contribution in [3.8, 4) is 23.0 Å². The lowest BCUT2D eigenvalue weighted by atomic mass is 9.92. The monoisotopic (exact) mass is 1160 g/mol. The van der Waals surface area contributed by atoms with Gasteiger partial charge in [-0.3, -0.25) is 28.8 Å². The molecule has 4 N–H and O–H groups in total. The third-order valence-corrected chi connectivity index (χ3v) is 16.2. The Labute approximate surface area is 491 Å². The lowest BCUT2D eigenvalue weighted by molar-refractivity contribution is -0.145. The molecule has 2 aliphatic carbocycles. The molecular formula is C63H106N2O13S2. The summed E-state index contributed by atoms with van der Waals surface area (Å²) in [6.45, 7) is 18.0. The number of Topliss-reactive ketones (excluding diaryl/α,β-unsaturated/α-hetero) is 2. The van der Waals surface area contributed by atoms with Crippen LogP contribution in [-0.4, -0.2) is 109 Å². The number of carboxylic acid groups (broad SMARTS) is 1. The van der Waals surface area contributed by atoms with Gasteiger partial charge in [-0.2, -0.15) is 23.5 Å². The van der Waals surface area contributed by atoms with Gasteiger partial charge in [0.05, 0.1) is 34.0 Å². The molecule has 2 aromatic carbocycles. The van der Waals surface area contributed by atoms with Gasteiger partial charge in [-0.05, 0) is 98.0 Å². The summed E-state index contributed by atoms with van der Waals surface area (Å²) in [5.74, 6) is 7.20. The van der Waals surface area contributed by atoms with Crippen LogP contribution in [0.15, 0.2) is 36.4 Å². The quantitative estimate of drug-likeness (QED) is 0.0509. The van der Waals surface area contributed by atoms with Crippen molar-refractivity contribution in [1.29, 1.82) is 0 Å². The van der Waals surface area contributed by atoms with Gasteiger partial charge >= 0.3 is 11.9 Å². The smallest absolute Gasteiger partial charge is 0.306 e. The van der Waals surface area contributed by atoms with Crippen molar-refractivity contribution in [2.45, 2.75) is 214 Å². The topological polar surface area (TPSA) is 213 Å². The molecule has 0 unspecified atom stereocenters. The molecule has 0 spiro atoms. The number of benzene rings is 2. The van der Waals surface area contributed by atoms with Crippen molar-refractivity contribution in [2.75, 3.05) is 53.0 Å². The highest BCUT2D eigenvalue weighted by Crippen LogP contribution is 2.48. The summed E-state index contributed by atoms with van der Waals surface area (Å²) in [5.41, 5.74) is 1.50. The molecule has 6 atom stereocenters. The zero-order valence-electron chi connectivity index (χ0n) is 51.2. The van der Waals surface area contributed by atoms with E-state index in [1.165, 1.54) is 32.1 Å². The van der Waals surface area contributed by atoms with Gasteiger partial charge in [0.25, 0.3) is 0 Å². The first-order valence-electron chi connectivity index (χ1n) is 29.8. The molecule has 4 fully saturated rings. The zero-order chi connectivity index (χ0) is 60.1. The largest absolute Gasteiger partial charge is 0.496 e. The van der Waals surface area contributed by atoms with E-state index in [9.17, 15) is 28.8 Å². The fourth-order valence-corrected chi connectivity index (χ4v) is 12.6. The molecule has 2 aromatic rings. The number of esters is 1. The predicted octanol–water partition coefficient (Wildman–Crippen LogP) is 13.4. The molecule has 4 aliphatic rings. The highest BCUT2D eigenvalue weighted by atomic mass is 32.2. The molecule has 2 saturated carbocycles. The van der Waals surface area contributed by atoms with Crippen molar-refractivity contribution in [1.82, 2.24) is 10.6 Å². The zero-order valence-corrected chi connectivity index (χ0v) is 52.9. The van der Waals surface area contributed by atoms with Crippen LogP contribution in [-0.2, 0) is 46.7 Å². The van der Waals surface area contributed by atoms with Crippen molar-refractivity contribution in [3.05, 3.63) is 47.5 Å². The number of ether oxygens (including phenoxy) is 5. The molecule has 17 heteroatoms. The Morgan fingerprint density at radius 3 is 1.39 bits per heavy atom. The summed E-state index contributed by atoms with van der Waals surface area (Å²) < 4.78 is 27.2. The number of aliphatic hydroxyl groups excluding tert-OH is 1. The summed E-state index contributed by atoms with van der Waals surface area (Å²) in [7, 11) is 6.34. The van der Waals surface area contributed by atoms with Crippen molar-refractivity contribution in [2.24, 2.45) is 23.7 Å². The standard InChI is InChI=1S/C25H35NO6S.C13H19NO4.C13H20O3S.4C3H8/c1-26-24(28)7-5-11-31-20-10-9-17(22(14-20)30-2)15-32-25(29)8-4-3-6-23-21-13-19(27)12-18(21)16-33-23;1-14-13(16)4-3-7-18-11-6-5-10(9-15)12(8-11)17-2;14-10-6-9-8-17-12(11(9)7-10)4-2-1-3-5-13(15)16;4*1-3-2/h9-10,14,18,21,23H,3-8,11-13,15-16H2,1-2H3,(H,26,28);5-6,8,15H,3-4,7,9H2,1-2H3,(H,14,16);9,11-12H,1-8H2,(H,15,16);4*3H2,1-2H3/t18-,21-,23-;;9-,11-,12-;;;;/m0.0..../s1. The number of unbranched alkanes of at least 4 members (excludes halogenated alkanes) is 3. The predicted molar refractivity (Wildman–Crippen MR) is 327 cm³/mol. The number of hydrogen-bond acceptors (Lipinski definition) is 14. The minimum absolute atomic E-state index is 0.00630. The van der Waals surface area contributed by atoms with Gasteiger partial charge in [0.1, 0.15) is 41.2 Å². The van der Waals surface area contributed by atoms with Crippen LogP contribution in [0.4, 0.5) is 0 Å². The number of amides is 2. The first-order valence-corrected chi connectivity index (χ1v) is 31.9. The molecule has 2 heterocycles. The number of carbonyl (C=O) groups is 6. The van der Waals surface area contributed by atoms with Crippen LogP contribution >= 0.6 is 23.5 Å². The van der Waals surface area contributed by atoms with Crippen LogP contribution in [0.1, 0.15) is 201 Å². The number of methoxy groups -OCH3 is 2. The Morgan fingerprint density at radius 1 is 0.562 bits per heavy atom. The number of thioether (sulfide) groups is 2. The normalized spacial score (nSPS) is 18.8. The SMILES string of the molecule is CCC.CCC.CCC.CCC.CNC(=O)CCCOc1ccc(CO)c(OC)c1.CNC(=O)CCCOc1ccc(COC(=O)CCCC[C@@H]2SC[C@@H]3CC(=O)C[C@@H]32)c(OC)c1.O=C(O)CCCCC[C@@H]1SC[C@@H]2CC(=O)C[C@@H]21. The van der Waals surface area contributed by atoms with Crippen LogP contribution in [0.3, 0.4) is 0 Å². The van der Waals surface area contributed by atoms with Gasteiger partial charge < -0.3 is 44.5 Å². The van der Waals surface area contributed by atoms with E-state index in [1.54, 1.807) is 52.6 Å². The third-order valence-electron chi connectivity index (χ3n) is 12.9. The number of hydrogen-bond donors (Lipinski definition) is 4. The second-order valence-corrected chi connectivity index (χ2v) is 23.1. The first-order chi connectivity index (χ1) is 38.5. The van der Waals surface area contributed by atoms with E-state index >= 15 is 0 Å². The summed E-state index contributed by atoms with van der Waals surface area (Å²) in [6.07, 6.45) is 17.9. The highest BCUT2D eigenvalue weighted by molar-refractivity contribution is 8.00. The number of carbonyl (C=O) groups excluding carboxylic acids is 5. The molecule has 2 aliphatic heterocycles. The molecule has 458 valence electrons. The minimum Gasteiger partial charge on any atom is -0.496 e. The molecule has 0 radical (unpaired) electrons. The molecule has 15 nitrogen and oxygen atoms in total. The Balaban J connectivity index is 0.00000113. The fourth-order valence-electron chi connectivity index (χ4n) is 9.10. The maximum absolute atomic E-state index is 12.2. The van der Waals surface area contributed by atoms with Crippen LogP contribution in [0.25, 0.3) is 0 Å². The van der Waals surface area contributed by atoms with E-state index in [4.69, 9.17) is 33.9 Å². The average molecular weight is 1160 g/mol. The molecule has 2 amide bonds. The van der Waals surface area contributed by atoms with E-state index in [2.05, 4.69) is 66.0 Å². The van der Waals surface area contributed by atoms with Crippen molar-refractivity contribution in [3.63, 3.8) is 0 Å². The van der Waals surface area contributed by atoms with E-state index < -0.39 is 5.97 Å². The summed E-state index contributed by atoms with van der Waals surface area (Å²) >= 11 is 4.04. The van der Waals surface area contributed by atoms with Crippen molar-refractivity contribution < 1.29 is 62.7 Å².